The number of ketones is 1. The van der Waals surface area contributed by atoms with E-state index < -0.39 is 0 Å². The highest BCUT2D eigenvalue weighted by Gasteiger charge is 2.15. The van der Waals surface area contributed by atoms with E-state index >= 15 is 0 Å². The number of benzene rings is 2. The third-order valence-corrected chi connectivity index (χ3v) is 4.21. The molecule has 0 unspecified atom stereocenters. The van der Waals surface area contributed by atoms with Crippen molar-refractivity contribution in [1.29, 1.82) is 0 Å². The van der Waals surface area contributed by atoms with Crippen LogP contribution in [0.5, 0.6) is 5.75 Å². The number of nitrogens with zero attached hydrogens (tertiary/aromatic N) is 1. The number of aromatic hydroxyl groups is 1. The summed E-state index contributed by atoms with van der Waals surface area (Å²) in [5.41, 5.74) is 1.24. The summed E-state index contributed by atoms with van der Waals surface area (Å²) in [5, 5.41) is 13.4. The van der Waals surface area contributed by atoms with Crippen LogP contribution in [-0.2, 0) is 0 Å². The van der Waals surface area contributed by atoms with Crippen molar-refractivity contribution in [2.24, 2.45) is 0 Å². The Kier molecular flexibility index (Phi) is 4.09. The zero-order valence-electron chi connectivity index (χ0n) is 11.3. The van der Waals surface area contributed by atoms with Crippen LogP contribution in [-0.4, -0.2) is 15.9 Å². The summed E-state index contributed by atoms with van der Waals surface area (Å²) in [7, 11) is 0. The molecule has 0 saturated carbocycles. The molecule has 1 heterocycles. The van der Waals surface area contributed by atoms with Gasteiger partial charge in [0.05, 0.1) is 16.1 Å². The van der Waals surface area contributed by atoms with Crippen LogP contribution in [0, 0.1) is 0 Å². The second-order valence-corrected chi connectivity index (χ2v) is 5.95. The van der Waals surface area contributed by atoms with Crippen LogP contribution in [0.1, 0.15) is 15.2 Å². The lowest BCUT2D eigenvalue weighted by Crippen LogP contribution is -1.98. The van der Waals surface area contributed by atoms with E-state index in [1.54, 1.807) is 48.5 Å². The first-order chi connectivity index (χ1) is 10.6. The van der Waals surface area contributed by atoms with Gasteiger partial charge in [0.1, 0.15) is 5.75 Å². The largest absolute Gasteiger partial charge is 0.508 e. The number of hydrogen-bond acceptors (Lipinski definition) is 5. The van der Waals surface area contributed by atoms with Crippen molar-refractivity contribution in [1.82, 2.24) is 4.98 Å². The fourth-order valence-electron chi connectivity index (χ4n) is 1.88. The summed E-state index contributed by atoms with van der Waals surface area (Å²) in [6.07, 6.45) is 1.53. The Bertz CT molecular complexity index is 815. The number of rotatable bonds is 4. The number of anilines is 2. The normalized spacial score (nSPS) is 10.4. The molecule has 0 aliphatic carbocycles. The van der Waals surface area contributed by atoms with Crippen molar-refractivity contribution >= 4 is 39.5 Å². The molecule has 3 rings (SSSR count). The Hall–Kier alpha value is -2.37. The molecule has 6 heteroatoms. The van der Waals surface area contributed by atoms with Gasteiger partial charge in [0, 0.05) is 11.3 Å². The van der Waals surface area contributed by atoms with Gasteiger partial charge in [0.25, 0.3) is 0 Å². The van der Waals surface area contributed by atoms with Crippen molar-refractivity contribution in [3.8, 4) is 5.75 Å². The molecule has 0 saturated heterocycles. The van der Waals surface area contributed by atoms with Gasteiger partial charge in [-0.1, -0.05) is 35.1 Å². The molecule has 0 bridgehead atoms. The Morgan fingerprint density at radius 2 is 1.86 bits per heavy atom. The third kappa shape index (κ3) is 3.10. The molecule has 0 aliphatic heterocycles. The summed E-state index contributed by atoms with van der Waals surface area (Å²) in [6, 6.07) is 13.5. The van der Waals surface area contributed by atoms with Crippen LogP contribution < -0.4 is 5.32 Å². The smallest absolute Gasteiger partial charge is 0.206 e. The topological polar surface area (TPSA) is 62.2 Å². The number of halogens is 1. The lowest BCUT2D eigenvalue weighted by molar-refractivity contribution is 0.104. The molecule has 4 nitrogen and oxygen atoms in total. The van der Waals surface area contributed by atoms with Gasteiger partial charge in [-0.3, -0.25) is 4.79 Å². The molecular weight excluding hydrogens is 320 g/mol. The van der Waals surface area contributed by atoms with Crippen LogP contribution in [0.15, 0.2) is 54.7 Å². The van der Waals surface area contributed by atoms with Crippen LogP contribution in [0.3, 0.4) is 0 Å². The molecule has 110 valence electrons. The molecule has 0 atom stereocenters. The van der Waals surface area contributed by atoms with Gasteiger partial charge in [0.15, 0.2) is 5.13 Å². The van der Waals surface area contributed by atoms with Crippen LogP contribution in [0.25, 0.3) is 0 Å². The fourth-order valence-corrected chi connectivity index (χ4v) is 2.90. The minimum atomic E-state index is -0.151. The van der Waals surface area contributed by atoms with Gasteiger partial charge in [-0.15, -0.1) is 0 Å². The van der Waals surface area contributed by atoms with Crippen LogP contribution >= 0.6 is 22.9 Å². The summed E-state index contributed by atoms with van der Waals surface area (Å²) in [5.74, 6) is 0.0427. The Morgan fingerprint density at radius 3 is 2.59 bits per heavy atom. The summed E-state index contributed by atoms with van der Waals surface area (Å²) in [4.78, 5) is 17.1. The maximum atomic E-state index is 12.4. The van der Waals surface area contributed by atoms with Crippen molar-refractivity contribution in [3.63, 3.8) is 0 Å². The van der Waals surface area contributed by atoms with Crippen molar-refractivity contribution in [2.75, 3.05) is 5.32 Å². The van der Waals surface area contributed by atoms with Gasteiger partial charge in [-0.05, 0) is 36.4 Å². The molecule has 0 amide bonds. The van der Waals surface area contributed by atoms with Gasteiger partial charge in [0.2, 0.25) is 5.78 Å². The summed E-state index contributed by atoms with van der Waals surface area (Å²) < 4.78 is 0. The molecule has 2 N–H and O–H groups in total. The predicted octanol–water partition coefficient (Wildman–Crippen LogP) is 4.48. The standard InChI is InChI=1S/C16H11ClN2O2S/c17-13-4-2-1-3-12(13)15(21)14-9-18-16(22-14)19-10-5-7-11(20)8-6-10/h1-9,20H,(H,18,19). The average Bonchev–Trinajstić information content (AvgIpc) is 2.98. The van der Waals surface area contributed by atoms with E-state index in [1.165, 1.54) is 17.5 Å². The second-order valence-electron chi connectivity index (χ2n) is 4.51. The Balaban J connectivity index is 1.80. The van der Waals surface area contributed by atoms with Gasteiger partial charge < -0.3 is 10.4 Å². The zero-order chi connectivity index (χ0) is 15.5. The van der Waals surface area contributed by atoms with E-state index in [-0.39, 0.29) is 11.5 Å². The predicted molar refractivity (Wildman–Crippen MR) is 88.4 cm³/mol. The molecule has 1 aromatic heterocycles. The third-order valence-electron chi connectivity index (χ3n) is 2.97. The first-order valence-electron chi connectivity index (χ1n) is 6.44. The van der Waals surface area contributed by atoms with E-state index in [1.807, 2.05) is 0 Å². The van der Waals surface area contributed by atoms with E-state index in [4.69, 9.17) is 11.6 Å². The van der Waals surface area contributed by atoms with Gasteiger partial charge in [-0.2, -0.15) is 0 Å². The molecule has 0 fully saturated rings. The van der Waals surface area contributed by atoms with E-state index in [0.29, 0.717) is 20.6 Å². The van der Waals surface area contributed by atoms with Crippen molar-refractivity contribution in [2.45, 2.75) is 0 Å². The number of hydrogen-bond donors (Lipinski definition) is 2. The number of nitrogens with one attached hydrogen (secondary N) is 1. The quantitative estimate of drug-likeness (QED) is 0.547. The summed E-state index contributed by atoms with van der Waals surface area (Å²) >= 11 is 7.30. The van der Waals surface area contributed by atoms with Crippen molar-refractivity contribution < 1.29 is 9.90 Å². The van der Waals surface area contributed by atoms with E-state index in [0.717, 1.165) is 5.69 Å². The minimum Gasteiger partial charge on any atom is -0.508 e. The Morgan fingerprint density at radius 1 is 1.14 bits per heavy atom. The number of aromatic nitrogens is 1. The highest BCUT2D eigenvalue weighted by atomic mass is 35.5. The van der Waals surface area contributed by atoms with E-state index in [9.17, 15) is 9.90 Å². The second kappa shape index (κ2) is 6.17. The number of carbonyl (C=O) groups is 1. The van der Waals surface area contributed by atoms with Crippen LogP contribution in [0.4, 0.5) is 10.8 Å². The maximum absolute atomic E-state index is 12.4. The Labute approximate surface area is 136 Å². The maximum Gasteiger partial charge on any atom is 0.206 e. The highest BCUT2D eigenvalue weighted by Crippen LogP contribution is 2.27. The van der Waals surface area contributed by atoms with Crippen molar-refractivity contribution in [3.05, 3.63) is 70.2 Å². The average molecular weight is 331 g/mol. The highest BCUT2D eigenvalue weighted by molar-refractivity contribution is 7.17. The lowest BCUT2D eigenvalue weighted by atomic mass is 10.1. The molecular formula is C16H11ClN2O2S. The molecule has 2 aromatic carbocycles. The van der Waals surface area contributed by atoms with Crippen LogP contribution in [0.2, 0.25) is 5.02 Å². The zero-order valence-corrected chi connectivity index (χ0v) is 12.9. The number of phenolic OH excluding ortho intramolecular Hbond substituents is 1. The van der Waals surface area contributed by atoms with Gasteiger partial charge >= 0.3 is 0 Å². The monoisotopic (exact) mass is 330 g/mol. The molecule has 0 radical (unpaired) electrons. The number of carbonyl (C=O) groups excluding carboxylic acids is 1. The first kappa shape index (κ1) is 14.6. The molecule has 22 heavy (non-hydrogen) atoms. The number of thiazole rings is 1. The minimum absolute atomic E-state index is 0.151. The summed E-state index contributed by atoms with van der Waals surface area (Å²) in [6.45, 7) is 0. The molecule has 3 aromatic rings. The van der Waals surface area contributed by atoms with E-state index in [2.05, 4.69) is 10.3 Å². The molecule has 0 aliphatic rings. The SMILES string of the molecule is O=C(c1cnc(Nc2ccc(O)cc2)s1)c1ccccc1Cl. The number of phenols is 1. The molecule has 0 spiro atoms. The van der Waals surface area contributed by atoms with Gasteiger partial charge in [-0.25, -0.2) is 4.98 Å². The lowest BCUT2D eigenvalue weighted by Gasteiger charge is -2.02. The fraction of sp³-hybridized carbons (Fsp3) is 0. The first-order valence-corrected chi connectivity index (χ1v) is 7.64.